The Morgan fingerprint density at radius 2 is 1.92 bits per heavy atom. The number of amides is 1. The number of nitrogens with zero attached hydrogens (tertiary/aromatic N) is 1. The first-order chi connectivity index (χ1) is 12.5. The fraction of sp³-hybridized carbons (Fsp3) is 0.250. The van der Waals surface area contributed by atoms with Gasteiger partial charge in [-0.25, -0.2) is 5.10 Å². The average molecular weight is 367 g/mol. The highest BCUT2D eigenvalue weighted by Gasteiger charge is 2.19. The Morgan fingerprint density at radius 3 is 2.50 bits per heavy atom. The van der Waals surface area contributed by atoms with Gasteiger partial charge in [0.25, 0.3) is 11.5 Å². The lowest BCUT2D eigenvalue weighted by Crippen LogP contribution is -2.30. The zero-order chi connectivity index (χ0) is 18.5. The molecule has 0 aliphatic heterocycles. The van der Waals surface area contributed by atoms with Crippen molar-refractivity contribution in [1.82, 2.24) is 15.5 Å². The first-order valence-electron chi connectivity index (χ1n) is 8.52. The maximum absolute atomic E-state index is 12.6. The summed E-state index contributed by atoms with van der Waals surface area (Å²) in [7, 11) is 0. The highest BCUT2D eigenvalue weighted by molar-refractivity contribution is 7.10. The van der Waals surface area contributed by atoms with Crippen LogP contribution >= 0.6 is 11.3 Å². The molecule has 0 fully saturated rings. The van der Waals surface area contributed by atoms with Gasteiger partial charge < -0.3 is 5.32 Å². The molecule has 3 rings (SSSR count). The van der Waals surface area contributed by atoms with Crippen LogP contribution < -0.4 is 10.9 Å². The van der Waals surface area contributed by atoms with E-state index in [0.29, 0.717) is 5.92 Å². The third kappa shape index (κ3) is 4.46. The number of nitrogens with one attached hydrogen (secondary N) is 2. The molecule has 1 aromatic carbocycles. The molecule has 0 spiro atoms. The molecule has 0 radical (unpaired) electrons. The van der Waals surface area contributed by atoms with E-state index in [1.807, 2.05) is 17.5 Å². The average Bonchev–Trinajstić information content (AvgIpc) is 3.15. The molecule has 0 bridgehead atoms. The van der Waals surface area contributed by atoms with Crippen LogP contribution in [0, 0.1) is 5.92 Å². The summed E-state index contributed by atoms with van der Waals surface area (Å²) in [6, 6.07) is 14.8. The molecule has 2 heterocycles. The molecule has 1 atom stereocenters. The summed E-state index contributed by atoms with van der Waals surface area (Å²) < 4.78 is 0. The topological polar surface area (TPSA) is 74.8 Å². The molecule has 3 aromatic rings. The van der Waals surface area contributed by atoms with Gasteiger partial charge >= 0.3 is 0 Å². The van der Waals surface area contributed by atoms with Crippen LogP contribution in [0.5, 0.6) is 0 Å². The van der Waals surface area contributed by atoms with Crippen molar-refractivity contribution in [1.29, 1.82) is 0 Å². The van der Waals surface area contributed by atoms with Crippen molar-refractivity contribution in [2.45, 2.75) is 26.3 Å². The second-order valence-electron chi connectivity index (χ2n) is 6.57. The normalized spacial score (nSPS) is 12.1. The van der Waals surface area contributed by atoms with Crippen molar-refractivity contribution in [3.8, 4) is 0 Å². The van der Waals surface area contributed by atoms with Crippen LogP contribution in [-0.4, -0.2) is 16.1 Å². The SMILES string of the molecule is CC(C)Cc1ccc(C(NC(=O)c2ccc(=O)[nH]n2)c2cccs2)cc1. The molecule has 6 heteroatoms. The maximum atomic E-state index is 12.6. The number of benzene rings is 1. The van der Waals surface area contributed by atoms with E-state index in [1.165, 1.54) is 17.7 Å². The molecular weight excluding hydrogens is 346 g/mol. The van der Waals surface area contributed by atoms with Crippen LogP contribution in [0.2, 0.25) is 0 Å². The van der Waals surface area contributed by atoms with Gasteiger partial charge in [0.05, 0.1) is 6.04 Å². The quantitative estimate of drug-likeness (QED) is 0.700. The maximum Gasteiger partial charge on any atom is 0.272 e. The minimum absolute atomic E-state index is 0.183. The number of rotatable bonds is 6. The molecule has 5 nitrogen and oxygen atoms in total. The number of carbonyl (C=O) groups excluding carboxylic acids is 1. The molecule has 0 saturated carbocycles. The predicted molar refractivity (Wildman–Crippen MR) is 103 cm³/mol. The Morgan fingerprint density at radius 1 is 1.15 bits per heavy atom. The Hall–Kier alpha value is -2.73. The number of aromatic amines is 1. The summed E-state index contributed by atoms with van der Waals surface area (Å²) >= 11 is 1.59. The summed E-state index contributed by atoms with van der Waals surface area (Å²) in [4.78, 5) is 24.7. The van der Waals surface area contributed by atoms with Gasteiger partial charge in [-0.05, 0) is 41.0 Å². The molecule has 0 aliphatic carbocycles. The first kappa shape index (κ1) is 18.1. The van der Waals surface area contributed by atoms with Gasteiger partial charge in [0, 0.05) is 10.9 Å². The van der Waals surface area contributed by atoms with Crippen LogP contribution in [-0.2, 0) is 6.42 Å². The third-order valence-corrected chi connectivity index (χ3v) is 4.91. The van der Waals surface area contributed by atoms with Crippen LogP contribution in [0.1, 0.15) is 46.4 Å². The molecule has 2 N–H and O–H groups in total. The summed E-state index contributed by atoms with van der Waals surface area (Å²) in [5, 5.41) is 11.1. The van der Waals surface area contributed by atoms with Crippen molar-refractivity contribution >= 4 is 17.2 Å². The number of thiophene rings is 1. The Bertz CT molecular complexity index is 894. The number of hydrogen-bond acceptors (Lipinski definition) is 4. The molecule has 1 unspecified atom stereocenters. The van der Waals surface area contributed by atoms with Gasteiger partial charge in [0.15, 0.2) is 0 Å². The second kappa shape index (κ2) is 8.10. The van der Waals surface area contributed by atoms with Crippen molar-refractivity contribution in [2.75, 3.05) is 0 Å². The van der Waals surface area contributed by atoms with Crippen LogP contribution in [0.25, 0.3) is 0 Å². The number of hydrogen-bond donors (Lipinski definition) is 2. The monoisotopic (exact) mass is 367 g/mol. The summed E-state index contributed by atoms with van der Waals surface area (Å²) in [6.45, 7) is 4.39. The van der Waals surface area contributed by atoms with Gasteiger partial charge in [-0.2, -0.15) is 5.10 Å². The largest absolute Gasteiger partial charge is 0.339 e. The highest BCUT2D eigenvalue weighted by atomic mass is 32.1. The molecule has 1 amide bonds. The number of carbonyl (C=O) groups is 1. The summed E-state index contributed by atoms with van der Waals surface area (Å²) in [5.74, 6) is 0.269. The highest BCUT2D eigenvalue weighted by Crippen LogP contribution is 2.27. The van der Waals surface area contributed by atoms with Crippen molar-refractivity contribution < 1.29 is 4.79 Å². The van der Waals surface area contributed by atoms with E-state index in [-0.39, 0.29) is 23.2 Å². The smallest absolute Gasteiger partial charge is 0.272 e. The van der Waals surface area contributed by atoms with E-state index in [9.17, 15) is 9.59 Å². The van der Waals surface area contributed by atoms with Crippen molar-refractivity contribution in [2.24, 2.45) is 5.92 Å². The standard InChI is InChI=1S/C20H21N3O2S/c1-13(2)12-14-5-7-15(8-6-14)19(17-4-3-11-26-17)21-20(25)16-9-10-18(24)23-22-16/h3-11,13,19H,12H2,1-2H3,(H,21,25)(H,23,24). The summed E-state index contributed by atoms with van der Waals surface area (Å²) in [5.41, 5.74) is 2.14. The van der Waals surface area contributed by atoms with E-state index >= 15 is 0 Å². The van der Waals surface area contributed by atoms with E-state index in [1.54, 1.807) is 11.3 Å². The lowest BCUT2D eigenvalue weighted by Gasteiger charge is -2.18. The van der Waals surface area contributed by atoms with Gasteiger partial charge in [0.2, 0.25) is 0 Å². The van der Waals surface area contributed by atoms with E-state index < -0.39 is 0 Å². The minimum Gasteiger partial charge on any atom is -0.339 e. The second-order valence-corrected chi connectivity index (χ2v) is 7.55. The zero-order valence-electron chi connectivity index (χ0n) is 14.7. The Labute approximate surface area is 156 Å². The van der Waals surface area contributed by atoms with E-state index in [4.69, 9.17) is 0 Å². The number of aromatic nitrogens is 2. The van der Waals surface area contributed by atoms with E-state index in [2.05, 4.69) is 53.6 Å². The van der Waals surface area contributed by atoms with Gasteiger partial charge in [-0.3, -0.25) is 9.59 Å². The Balaban J connectivity index is 1.85. The summed E-state index contributed by atoms with van der Waals surface area (Å²) in [6.07, 6.45) is 1.03. The molecule has 0 saturated heterocycles. The predicted octanol–water partition coefficient (Wildman–Crippen LogP) is 3.55. The first-order valence-corrected chi connectivity index (χ1v) is 9.39. The van der Waals surface area contributed by atoms with Crippen molar-refractivity contribution in [3.63, 3.8) is 0 Å². The fourth-order valence-electron chi connectivity index (χ4n) is 2.77. The Kier molecular flexibility index (Phi) is 5.63. The molecule has 134 valence electrons. The van der Waals surface area contributed by atoms with Crippen molar-refractivity contribution in [3.05, 3.63) is 86.0 Å². The van der Waals surface area contributed by atoms with Crippen LogP contribution in [0.4, 0.5) is 0 Å². The van der Waals surface area contributed by atoms with Gasteiger partial charge in [0.1, 0.15) is 5.69 Å². The molecule has 26 heavy (non-hydrogen) atoms. The molecule has 0 aliphatic rings. The number of H-pyrrole nitrogens is 1. The van der Waals surface area contributed by atoms with Crippen LogP contribution in [0.3, 0.4) is 0 Å². The minimum atomic E-state index is -0.336. The fourth-order valence-corrected chi connectivity index (χ4v) is 3.57. The lowest BCUT2D eigenvalue weighted by molar-refractivity contribution is 0.0937. The molecular formula is C20H21N3O2S. The van der Waals surface area contributed by atoms with Gasteiger partial charge in [-0.1, -0.05) is 44.2 Å². The van der Waals surface area contributed by atoms with Gasteiger partial charge in [-0.15, -0.1) is 11.3 Å². The lowest BCUT2D eigenvalue weighted by atomic mass is 9.98. The zero-order valence-corrected chi connectivity index (χ0v) is 15.5. The van der Waals surface area contributed by atoms with Crippen LogP contribution in [0.15, 0.2) is 58.7 Å². The molecule has 2 aromatic heterocycles. The third-order valence-electron chi connectivity index (χ3n) is 3.97. The van der Waals surface area contributed by atoms with E-state index in [0.717, 1.165) is 16.9 Å².